The Balaban J connectivity index is 2.21. The first-order valence-electron chi connectivity index (χ1n) is 7.01. The molecule has 0 heterocycles. The van der Waals surface area contributed by atoms with E-state index < -0.39 is 0 Å². The molecule has 1 N–H and O–H groups in total. The molecule has 0 unspecified atom stereocenters. The van der Waals surface area contributed by atoms with Gasteiger partial charge in [-0.3, -0.25) is 4.79 Å². The summed E-state index contributed by atoms with van der Waals surface area (Å²) < 4.78 is 6.75. The highest BCUT2D eigenvalue weighted by Gasteiger charge is 2.19. The van der Waals surface area contributed by atoms with Crippen molar-refractivity contribution in [2.75, 3.05) is 7.11 Å². The van der Waals surface area contributed by atoms with Crippen molar-refractivity contribution in [1.82, 2.24) is 5.32 Å². The highest BCUT2D eigenvalue weighted by Crippen LogP contribution is 2.35. The van der Waals surface area contributed by atoms with E-state index in [0.29, 0.717) is 5.75 Å². The van der Waals surface area contributed by atoms with Gasteiger partial charge in [0, 0.05) is 6.04 Å². The quantitative estimate of drug-likeness (QED) is 0.578. The topological polar surface area (TPSA) is 62.1 Å². The second kappa shape index (κ2) is 7.80. The molecule has 1 amide bonds. The standard InChI is InChI=1S/C16H16Br2N2O2/c1-22-15-13(17)7-10(8-14(15)18)6-11(9-19)16(21)20-12-4-2-3-5-12/h6-8,12H,2-5H2,1H3,(H,20,21)/b11-6-. The Bertz CT molecular complexity index is 621. The predicted molar refractivity (Wildman–Crippen MR) is 92.4 cm³/mol. The average Bonchev–Trinajstić information content (AvgIpc) is 2.97. The van der Waals surface area contributed by atoms with Crippen molar-refractivity contribution in [2.45, 2.75) is 31.7 Å². The van der Waals surface area contributed by atoms with Crippen LogP contribution in [0.1, 0.15) is 31.2 Å². The van der Waals surface area contributed by atoms with E-state index in [1.807, 2.05) is 18.2 Å². The van der Waals surface area contributed by atoms with Gasteiger partial charge in [0.1, 0.15) is 17.4 Å². The van der Waals surface area contributed by atoms with Crippen molar-refractivity contribution in [1.29, 1.82) is 5.26 Å². The number of hydrogen-bond donors (Lipinski definition) is 1. The SMILES string of the molecule is COc1c(Br)cc(/C=C(/C#N)C(=O)NC2CCCC2)cc1Br. The number of nitrogens with one attached hydrogen (secondary N) is 1. The molecular weight excluding hydrogens is 412 g/mol. The van der Waals surface area contributed by atoms with Crippen LogP contribution in [0.25, 0.3) is 6.08 Å². The first-order chi connectivity index (χ1) is 10.5. The Morgan fingerprint density at radius 3 is 2.45 bits per heavy atom. The molecule has 1 aromatic carbocycles. The van der Waals surface area contributed by atoms with Crippen LogP contribution in [-0.4, -0.2) is 19.1 Å². The summed E-state index contributed by atoms with van der Waals surface area (Å²) in [5, 5.41) is 12.2. The summed E-state index contributed by atoms with van der Waals surface area (Å²) in [7, 11) is 1.58. The van der Waals surface area contributed by atoms with Crippen LogP contribution in [0.2, 0.25) is 0 Å². The third kappa shape index (κ3) is 4.11. The molecule has 1 aliphatic rings. The van der Waals surface area contributed by atoms with Gasteiger partial charge in [0.2, 0.25) is 0 Å². The van der Waals surface area contributed by atoms with Gasteiger partial charge in [-0.1, -0.05) is 12.8 Å². The van der Waals surface area contributed by atoms with Crippen molar-refractivity contribution in [3.63, 3.8) is 0 Å². The van der Waals surface area contributed by atoms with Gasteiger partial charge in [-0.15, -0.1) is 0 Å². The number of methoxy groups -OCH3 is 1. The van der Waals surface area contributed by atoms with Gasteiger partial charge in [0.05, 0.1) is 16.1 Å². The van der Waals surface area contributed by atoms with E-state index in [4.69, 9.17) is 4.74 Å². The molecule has 6 heteroatoms. The zero-order valence-corrected chi connectivity index (χ0v) is 15.3. The number of carbonyl (C=O) groups is 1. The molecule has 0 radical (unpaired) electrons. The van der Waals surface area contributed by atoms with E-state index in [1.165, 1.54) is 0 Å². The van der Waals surface area contributed by atoms with Crippen molar-refractivity contribution in [3.8, 4) is 11.8 Å². The largest absolute Gasteiger partial charge is 0.494 e. The minimum absolute atomic E-state index is 0.107. The summed E-state index contributed by atoms with van der Waals surface area (Å²) in [6.07, 6.45) is 5.83. The Morgan fingerprint density at radius 2 is 1.95 bits per heavy atom. The van der Waals surface area contributed by atoms with Gasteiger partial charge in [0.25, 0.3) is 5.91 Å². The molecule has 1 fully saturated rings. The Hall–Kier alpha value is -1.32. The van der Waals surface area contributed by atoms with Crippen LogP contribution in [0.4, 0.5) is 0 Å². The van der Waals surface area contributed by atoms with Gasteiger partial charge < -0.3 is 10.1 Å². The number of ether oxygens (including phenoxy) is 1. The number of benzene rings is 1. The smallest absolute Gasteiger partial charge is 0.262 e. The molecule has 116 valence electrons. The fourth-order valence-electron chi connectivity index (χ4n) is 2.51. The second-order valence-electron chi connectivity index (χ2n) is 5.14. The minimum Gasteiger partial charge on any atom is -0.494 e. The first-order valence-corrected chi connectivity index (χ1v) is 8.59. The summed E-state index contributed by atoms with van der Waals surface area (Å²) in [6, 6.07) is 5.79. The van der Waals surface area contributed by atoms with Gasteiger partial charge in [0.15, 0.2) is 0 Å². The summed E-state index contributed by atoms with van der Waals surface area (Å²) in [6.45, 7) is 0. The number of halogens is 2. The van der Waals surface area contributed by atoms with Crippen LogP contribution in [0.15, 0.2) is 26.7 Å². The summed E-state index contributed by atoms with van der Waals surface area (Å²) in [5.74, 6) is 0.364. The van der Waals surface area contributed by atoms with Gasteiger partial charge in [-0.05, 0) is 68.5 Å². The number of nitriles is 1. The van der Waals surface area contributed by atoms with E-state index in [1.54, 1.807) is 13.2 Å². The molecule has 0 bridgehead atoms. The number of rotatable bonds is 4. The molecule has 1 aliphatic carbocycles. The van der Waals surface area contributed by atoms with E-state index in [-0.39, 0.29) is 17.5 Å². The molecule has 0 aromatic heterocycles. The van der Waals surface area contributed by atoms with Crippen molar-refractivity contribution >= 4 is 43.8 Å². The van der Waals surface area contributed by atoms with Crippen LogP contribution >= 0.6 is 31.9 Å². The average molecular weight is 428 g/mol. The summed E-state index contributed by atoms with van der Waals surface area (Å²) >= 11 is 6.82. The van der Waals surface area contributed by atoms with E-state index in [2.05, 4.69) is 37.2 Å². The predicted octanol–water partition coefficient (Wildman–Crippen LogP) is 4.19. The van der Waals surface area contributed by atoms with Crippen LogP contribution in [-0.2, 0) is 4.79 Å². The highest BCUT2D eigenvalue weighted by molar-refractivity contribution is 9.11. The lowest BCUT2D eigenvalue weighted by atomic mass is 10.1. The monoisotopic (exact) mass is 426 g/mol. The third-order valence-corrected chi connectivity index (χ3v) is 4.77. The summed E-state index contributed by atoms with van der Waals surface area (Å²) in [5.41, 5.74) is 0.855. The lowest BCUT2D eigenvalue weighted by molar-refractivity contribution is -0.117. The maximum absolute atomic E-state index is 12.2. The minimum atomic E-state index is -0.308. The molecule has 1 saturated carbocycles. The molecule has 0 atom stereocenters. The number of amides is 1. The van der Waals surface area contributed by atoms with E-state index in [9.17, 15) is 10.1 Å². The van der Waals surface area contributed by atoms with Gasteiger partial charge >= 0.3 is 0 Å². The molecule has 1 aromatic rings. The van der Waals surface area contributed by atoms with Gasteiger partial charge in [-0.25, -0.2) is 0 Å². The third-order valence-electron chi connectivity index (χ3n) is 3.59. The Kier molecular flexibility index (Phi) is 6.04. The van der Waals surface area contributed by atoms with Crippen molar-refractivity contribution in [3.05, 3.63) is 32.2 Å². The lowest BCUT2D eigenvalue weighted by Gasteiger charge is -2.11. The van der Waals surface area contributed by atoms with Crippen LogP contribution in [0.3, 0.4) is 0 Å². The molecule has 0 aliphatic heterocycles. The lowest BCUT2D eigenvalue weighted by Crippen LogP contribution is -2.33. The Labute approximate surface area is 146 Å². The van der Waals surface area contributed by atoms with E-state index >= 15 is 0 Å². The fourth-order valence-corrected chi connectivity index (χ4v) is 4.05. The fraction of sp³-hybridized carbons (Fsp3) is 0.375. The molecule has 2 rings (SSSR count). The Morgan fingerprint density at radius 1 is 1.36 bits per heavy atom. The van der Waals surface area contributed by atoms with Gasteiger partial charge in [-0.2, -0.15) is 5.26 Å². The molecule has 0 spiro atoms. The second-order valence-corrected chi connectivity index (χ2v) is 6.85. The zero-order chi connectivity index (χ0) is 16.1. The molecule has 0 saturated heterocycles. The van der Waals surface area contributed by atoms with Crippen LogP contribution in [0, 0.1) is 11.3 Å². The number of hydrogen-bond acceptors (Lipinski definition) is 3. The van der Waals surface area contributed by atoms with Crippen molar-refractivity contribution < 1.29 is 9.53 Å². The van der Waals surface area contributed by atoms with E-state index in [0.717, 1.165) is 40.2 Å². The first kappa shape index (κ1) is 17.0. The number of carbonyl (C=O) groups excluding carboxylic acids is 1. The molecular formula is C16H16Br2N2O2. The summed E-state index contributed by atoms with van der Waals surface area (Å²) in [4.78, 5) is 12.2. The highest BCUT2D eigenvalue weighted by atomic mass is 79.9. The maximum Gasteiger partial charge on any atom is 0.262 e. The van der Waals surface area contributed by atoms with Crippen LogP contribution < -0.4 is 10.1 Å². The molecule has 4 nitrogen and oxygen atoms in total. The maximum atomic E-state index is 12.2. The zero-order valence-electron chi connectivity index (χ0n) is 12.2. The molecule has 22 heavy (non-hydrogen) atoms. The van der Waals surface area contributed by atoms with Crippen molar-refractivity contribution in [2.24, 2.45) is 0 Å². The van der Waals surface area contributed by atoms with Crippen LogP contribution in [0.5, 0.6) is 5.75 Å². The number of nitrogens with zero attached hydrogens (tertiary/aromatic N) is 1. The normalized spacial score (nSPS) is 15.5.